The molecular formula is C12H11F3N2O. The molecule has 3 nitrogen and oxygen atoms in total. The molecule has 6 heteroatoms. The molecule has 1 aromatic carbocycles. The molecule has 0 radical (unpaired) electrons. The third kappa shape index (κ3) is 2.18. The second-order valence-electron chi connectivity index (χ2n) is 3.80. The van der Waals surface area contributed by atoms with Gasteiger partial charge in [-0.15, -0.1) is 0 Å². The van der Waals surface area contributed by atoms with Gasteiger partial charge in [-0.1, -0.05) is 12.1 Å². The van der Waals surface area contributed by atoms with Gasteiger partial charge in [0.05, 0.1) is 7.11 Å². The molecule has 2 rings (SSSR count). The summed E-state index contributed by atoms with van der Waals surface area (Å²) in [6.07, 6.45) is -4.47. The van der Waals surface area contributed by atoms with Gasteiger partial charge in [0.1, 0.15) is 5.75 Å². The summed E-state index contributed by atoms with van der Waals surface area (Å²) in [5.74, 6) is 0.591. The molecule has 0 aliphatic rings. The fourth-order valence-electron chi connectivity index (χ4n) is 1.75. The van der Waals surface area contributed by atoms with Crippen LogP contribution in [0.3, 0.4) is 0 Å². The summed E-state index contributed by atoms with van der Waals surface area (Å²) >= 11 is 0. The van der Waals surface area contributed by atoms with Crippen LogP contribution in [0.1, 0.15) is 11.4 Å². The van der Waals surface area contributed by atoms with Crippen LogP contribution >= 0.6 is 0 Å². The lowest BCUT2D eigenvalue weighted by atomic mass is 10.0. The molecule has 0 aliphatic carbocycles. The summed E-state index contributed by atoms with van der Waals surface area (Å²) < 4.78 is 43.3. The number of hydrogen-bond acceptors (Lipinski definition) is 2. The van der Waals surface area contributed by atoms with Crippen molar-refractivity contribution in [2.45, 2.75) is 13.1 Å². The van der Waals surface area contributed by atoms with Gasteiger partial charge in [0.15, 0.2) is 5.69 Å². The smallest absolute Gasteiger partial charge is 0.435 e. The Labute approximate surface area is 102 Å². The zero-order valence-corrected chi connectivity index (χ0v) is 9.80. The predicted octanol–water partition coefficient (Wildman–Crippen LogP) is 3.41. The van der Waals surface area contributed by atoms with Gasteiger partial charge in [-0.3, -0.25) is 5.10 Å². The van der Waals surface area contributed by atoms with Gasteiger partial charge < -0.3 is 4.74 Å². The molecule has 0 fully saturated rings. The Morgan fingerprint density at radius 3 is 2.28 bits per heavy atom. The van der Waals surface area contributed by atoms with Crippen LogP contribution < -0.4 is 4.74 Å². The van der Waals surface area contributed by atoms with Crippen molar-refractivity contribution >= 4 is 0 Å². The normalized spacial score (nSPS) is 11.6. The zero-order valence-electron chi connectivity index (χ0n) is 9.80. The molecule has 0 saturated heterocycles. The Morgan fingerprint density at radius 1 is 1.17 bits per heavy atom. The van der Waals surface area contributed by atoms with Gasteiger partial charge in [0, 0.05) is 11.3 Å². The van der Waals surface area contributed by atoms with Gasteiger partial charge in [0.2, 0.25) is 0 Å². The van der Waals surface area contributed by atoms with Crippen LogP contribution in [0, 0.1) is 6.92 Å². The number of rotatable bonds is 2. The number of methoxy groups -OCH3 is 1. The molecule has 1 N–H and O–H groups in total. The van der Waals surface area contributed by atoms with E-state index in [-0.39, 0.29) is 5.56 Å². The maximum absolute atomic E-state index is 12.8. The Morgan fingerprint density at radius 2 is 1.78 bits per heavy atom. The van der Waals surface area contributed by atoms with Gasteiger partial charge in [-0.05, 0) is 24.6 Å². The molecule has 0 atom stereocenters. The van der Waals surface area contributed by atoms with Gasteiger partial charge in [-0.2, -0.15) is 18.3 Å². The van der Waals surface area contributed by atoms with Crippen LogP contribution in [0.2, 0.25) is 0 Å². The molecule has 0 spiro atoms. The van der Waals surface area contributed by atoms with E-state index in [4.69, 9.17) is 4.74 Å². The standard InChI is InChI=1S/C12H11F3N2O/c1-7-10(11(17-16-7)12(13,14)15)8-3-5-9(18-2)6-4-8/h3-6H,1-2H3,(H,16,17). The highest BCUT2D eigenvalue weighted by Gasteiger charge is 2.37. The molecule has 18 heavy (non-hydrogen) atoms. The highest BCUT2D eigenvalue weighted by Crippen LogP contribution is 2.37. The van der Waals surface area contributed by atoms with Crippen molar-refractivity contribution in [3.63, 3.8) is 0 Å². The Balaban J connectivity index is 2.52. The first-order valence-electron chi connectivity index (χ1n) is 5.20. The van der Waals surface area contributed by atoms with E-state index >= 15 is 0 Å². The summed E-state index contributed by atoms with van der Waals surface area (Å²) in [6.45, 7) is 1.56. The van der Waals surface area contributed by atoms with E-state index in [1.807, 2.05) is 0 Å². The molecule has 96 valence electrons. The lowest BCUT2D eigenvalue weighted by Gasteiger charge is -2.08. The first-order valence-corrected chi connectivity index (χ1v) is 5.20. The molecule has 1 heterocycles. The van der Waals surface area contributed by atoms with Crippen LogP contribution in [-0.4, -0.2) is 17.3 Å². The number of benzene rings is 1. The summed E-state index contributed by atoms with van der Waals surface area (Å²) in [6, 6.07) is 6.38. The van der Waals surface area contributed by atoms with Crippen LogP contribution in [-0.2, 0) is 6.18 Å². The van der Waals surface area contributed by atoms with Crippen LogP contribution in [0.25, 0.3) is 11.1 Å². The van der Waals surface area contributed by atoms with Gasteiger partial charge in [-0.25, -0.2) is 0 Å². The number of alkyl halides is 3. The molecule has 0 amide bonds. The van der Waals surface area contributed by atoms with E-state index in [1.54, 1.807) is 31.2 Å². The lowest BCUT2D eigenvalue weighted by Crippen LogP contribution is -2.07. The van der Waals surface area contributed by atoms with E-state index in [1.165, 1.54) is 7.11 Å². The van der Waals surface area contributed by atoms with Crippen molar-refractivity contribution in [1.29, 1.82) is 0 Å². The topological polar surface area (TPSA) is 37.9 Å². The van der Waals surface area contributed by atoms with E-state index in [9.17, 15) is 13.2 Å². The van der Waals surface area contributed by atoms with Gasteiger partial charge >= 0.3 is 6.18 Å². The minimum atomic E-state index is -4.47. The van der Waals surface area contributed by atoms with Crippen molar-refractivity contribution < 1.29 is 17.9 Å². The van der Waals surface area contributed by atoms with Crippen LogP contribution in [0.5, 0.6) is 5.75 Å². The van der Waals surface area contributed by atoms with Crippen molar-refractivity contribution in [2.24, 2.45) is 0 Å². The molecule has 0 unspecified atom stereocenters. The summed E-state index contributed by atoms with van der Waals surface area (Å²) in [5, 5.41) is 5.69. The molecule has 0 aliphatic heterocycles. The molecular weight excluding hydrogens is 245 g/mol. The maximum atomic E-state index is 12.8. The van der Waals surface area contributed by atoms with Crippen LogP contribution in [0.4, 0.5) is 13.2 Å². The summed E-state index contributed by atoms with van der Waals surface area (Å²) in [7, 11) is 1.50. The average Bonchev–Trinajstić information content (AvgIpc) is 2.71. The average molecular weight is 256 g/mol. The van der Waals surface area contributed by atoms with Crippen LogP contribution in [0.15, 0.2) is 24.3 Å². The predicted molar refractivity (Wildman–Crippen MR) is 60.3 cm³/mol. The second kappa shape index (κ2) is 4.36. The third-order valence-corrected chi connectivity index (χ3v) is 2.59. The first kappa shape index (κ1) is 12.5. The van der Waals surface area contributed by atoms with E-state index in [2.05, 4.69) is 10.2 Å². The zero-order chi connectivity index (χ0) is 13.3. The van der Waals surface area contributed by atoms with E-state index in [0.717, 1.165) is 0 Å². The molecule has 0 saturated carbocycles. The number of aromatic nitrogens is 2. The lowest BCUT2D eigenvalue weighted by molar-refractivity contribution is -0.140. The number of H-pyrrole nitrogens is 1. The summed E-state index contributed by atoms with van der Waals surface area (Å²) in [5.41, 5.74) is 0.0113. The first-order chi connectivity index (χ1) is 8.43. The van der Waals surface area contributed by atoms with Crippen molar-refractivity contribution in [3.05, 3.63) is 35.7 Å². The molecule has 0 bridgehead atoms. The van der Waals surface area contributed by atoms with Gasteiger partial charge in [0.25, 0.3) is 0 Å². The number of aryl methyl sites for hydroxylation is 1. The Kier molecular flexibility index (Phi) is 3.02. The quantitative estimate of drug-likeness (QED) is 0.894. The molecule has 1 aromatic heterocycles. The monoisotopic (exact) mass is 256 g/mol. The number of halogens is 3. The Hall–Kier alpha value is -1.98. The minimum absolute atomic E-state index is 0.0742. The fourth-order valence-corrected chi connectivity index (χ4v) is 1.75. The SMILES string of the molecule is COc1ccc(-c2c(C(F)(F)F)n[nH]c2C)cc1. The highest BCUT2D eigenvalue weighted by atomic mass is 19.4. The van der Waals surface area contributed by atoms with Crippen molar-refractivity contribution in [3.8, 4) is 16.9 Å². The van der Waals surface area contributed by atoms with Crippen molar-refractivity contribution in [1.82, 2.24) is 10.2 Å². The number of hydrogen-bond donors (Lipinski definition) is 1. The van der Waals surface area contributed by atoms with Crippen molar-refractivity contribution in [2.75, 3.05) is 7.11 Å². The number of aromatic amines is 1. The number of nitrogens with zero attached hydrogens (tertiary/aromatic N) is 1. The number of ether oxygens (including phenoxy) is 1. The molecule has 2 aromatic rings. The fraction of sp³-hybridized carbons (Fsp3) is 0.250. The van der Waals surface area contributed by atoms with E-state index < -0.39 is 11.9 Å². The minimum Gasteiger partial charge on any atom is -0.497 e. The van der Waals surface area contributed by atoms with E-state index in [0.29, 0.717) is 17.0 Å². The maximum Gasteiger partial charge on any atom is 0.435 e. The number of nitrogens with one attached hydrogen (secondary N) is 1. The third-order valence-electron chi connectivity index (χ3n) is 2.59. The summed E-state index contributed by atoms with van der Waals surface area (Å²) in [4.78, 5) is 0. The largest absolute Gasteiger partial charge is 0.497 e. The Bertz CT molecular complexity index is 543. The second-order valence-corrected chi connectivity index (χ2v) is 3.80. The highest BCUT2D eigenvalue weighted by molar-refractivity contribution is 5.69.